The van der Waals surface area contributed by atoms with Crippen LogP contribution in [0.25, 0.3) is 0 Å². The third kappa shape index (κ3) is 6.96. The number of hydrogen-bond acceptors (Lipinski definition) is 4. The predicted octanol–water partition coefficient (Wildman–Crippen LogP) is 3.13. The number of nitrogens with one attached hydrogen (secondary N) is 1. The van der Waals surface area contributed by atoms with E-state index in [2.05, 4.69) is 5.32 Å². The lowest BCUT2D eigenvalue weighted by atomic mass is 10.0. The minimum Gasteiger partial charge on any atom is -0.357 e. The summed E-state index contributed by atoms with van der Waals surface area (Å²) in [5.74, 6) is -1.84. The van der Waals surface area contributed by atoms with Crippen molar-refractivity contribution in [2.24, 2.45) is 0 Å². The molecule has 0 fully saturated rings. The summed E-state index contributed by atoms with van der Waals surface area (Å²) in [7, 11) is -0.158. The predicted molar refractivity (Wildman–Crippen MR) is 146 cm³/mol. The lowest BCUT2D eigenvalue weighted by molar-refractivity contribution is -0.139. The van der Waals surface area contributed by atoms with Gasteiger partial charge in [-0.15, -0.1) is 0 Å². The molecule has 0 heterocycles. The van der Waals surface area contributed by atoms with E-state index >= 15 is 0 Å². The number of carbonyl (C=O) groups is 2. The summed E-state index contributed by atoms with van der Waals surface area (Å²) >= 11 is 0. The van der Waals surface area contributed by atoms with Crippen molar-refractivity contribution in [1.29, 1.82) is 0 Å². The molecule has 0 bridgehead atoms. The van der Waals surface area contributed by atoms with Crippen LogP contribution in [0.1, 0.15) is 16.7 Å². The number of rotatable bonds is 11. The molecular formula is C28H33FN4O4S. The summed E-state index contributed by atoms with van der Waals surface area (Å²) < 4.78 is 42.9. The van der Waals surface area contributed by atoms with Crippen molar-refractivity contribution in [1.82, 2.24) is 14.5 Å². The number of carbonyl (C=O) groups excluding carboxylic acids is 2. The van der Waals surface area contributed by atoms with Gasteiger partial charge in [0.2, 0.25) is 11.8 Å². The SMILES string of the molecule is CNC(=O)[C@@H](Cc1ccccc1)N(Cc1cccc(C)c1)C(=O)CN(c1ccccc1F)S(=O)(=O)N(C)C. The van der Waals surface area contributed by atoms with Crippen molar-refractivity contribution < 1.29 is 22.4 Å². The highest BCUT2D eigenvalue weighted by molar-refractivity contribution is 7.90. The van der Waals surface area contributed by atoms with Gasteiger partial charge in [-0.05, 0) is 30.2 Å². The number of amides is 2. The number of likely N-dealkylation sites (N-methyl/N-ethyl adjacent to an activating group) is 1. The molecule has 0 aromatic heterocycles. The largest absolute Gasteiger partial charge is 0.357 e. The maximum Gasteiger partial charge on any atom is 0.304 e. The maximum atomic E-state index is 14.8. The molecule has 0 aliphatic carbocycles. The standard InChI is InChI=1S/C28H33FN4O4S/c1-21-11-10-14-23(17-21)19-32(26(28(35)30-2)18-22-12-6-5-7-13-22)27(34)20-33(38(36,37)31(3)4)25-16-9-8-15-24(25)29/h5-17,26H,18-20H2,1-4H3,(H,30,35)/t26-/m1/s1. The number of aryl methyl sites for hydroxylation is 1. The molecule has 3 aromatic carbocycles. The van der Waals surface area contributed by atoms with Crippen molar-refractivity contribution >= 4 is 27.7 Å². The average molecular weight is 541 g/mol. The van der Waals surface area contributed by atoms with E-state index in [0.717, 1.165) is 31.4 Å². The second kappa shape index (κ2) is 12.7. The molecule has 1 N–H and O–H groups in total. The monoisotopic (exact) mass is 540 g/mol. The van der Waals surface area contributed by atoms with Crippen LogP contribution in [-0.4, -0.2) is 63.2 Å². The molecule has 0 unspecified atom stereocenters. The minimum atomic E-state index is -4.25. The topological polar surface area (TPSA) is 90.0 Å². The van der Waals surface area contributed by atoms with E-state index in [1.54, 1.807) is 0 Å². The number of anilines is 1. The van der Waals surface area contributed by atoms with Crippen LogP contribution in [0, 0.1) is 12.7 Å². The molecule has 202 valence electrons. The Morgan fingerprint density at radius 1 is 0.921 bits per heavy atom. The van der Waals surface area contributed by atoms with E-state index in [1.807, 2.05) is 61.5 Å². The highest BCUT2D eigenvalue weighted by Crippen LogP contribution is 2.24. The van der Waals surface area contributed by atoms with Crippen LogP contribution in [0.5, 0.6) is 0 Å². The van der Waals surface area contributed by atoms with Gasteiger partial charge < -0.3 is 10.2 Å². The second-order valence-corrected chi connectivity index (χ2v) is 11.1. The molecule has 10 heteroatoms. The lowest BCUT2D eigenvalue weighted by Gasteiger charge is -2.34. The molecule has 38 heavy (non-hydrogen) atoms. The van der Waals surface area contributed by atoms with Gasteiger partial charge in [0.25, 0.3) is 0 Å². The third-order valence-corrected chi connectivity index (χ3v) is 7.90. The van der Waals surface area contributed by atoms with Gasteiger partial charge in [-0.1, -0.05) is 72.3 Å². The van der Waals surface area contributed by atoms with E-state index in [-0.39, 0.29) is 18.7 Å². The zero-order valence-corrected chi connectivity index (χ0v) is 22.8. The van der Waals surface area contributed by atoms with Gasteiger partial charge in [0.1, 0.15) is 18.4 Å². The number of nitrogens with zero attached hydrogens (tertiary/aromatic N) is 3. The van der Waals surface area contributed by atoms with Crippen LogP contribution >= 0.6 is 0 Å². The summed E-state index contributed by atoms with van der Waals surface area (Å²) in [5.41, 5.74) is 2.31. The minimum absolute atomic E-state index is 0.0541. The Morgan fingerprint density at radius 2 is 1.55 bits per heavy atom. The van der Waals surface area contributed by atoms with Gasteiger partial charge in [-0.3, -0.25) is 9.59 Å². The number of halogens is 1. The third-order valence-electron chi connectivity index (χ3n) is 6.09. The van der Waals surface area contributed by atoms with Crippen LogP contribution in [0.4, 0.5) is 10.1 Å². The van der Waals surface area contributed by atoms with Gasteiger partial charge in [0.15, 0.2) is 0 Å². The van der Waals surface area contributed by atoms with Crippen molar-refractivity contribution in [2.75, 3.05) is 32.0 Å². The molecule has 3 aromatic rings. The first-order valence-corrected chi connectivity index (χ1v) is 13.5. The molecule has 0 radical (unpaired) electrons. The molecule has 0 saturated heterocycles. The summed E-state index contributed by atoms with van der Waals surface area (Å²) in [6.07, 6.45) is 0.207. The van der Waals surface area contributed by atoms with E-state index in [4.69, 9.17) is 0 Å². The first-order chi connectivity index (χ1) is 18.0. The smallest absolute Gasteiger partial charge is 0.304 e. The molecular weight excluding hydrogens is 507 g/mol. The summed E-state index contributed by atoms with van der Waals surface area (Å²) in [6, 6.07) is 21.2. The zero-order valence-electron chi connectivity index (χ0n) is 22.0. The van der Waals surface area contributed by atoms with E-state index in [0.29, 0.717) is 0 Å². The Bertz CT molecular complexity index is 1370. The quantitative estimate of drug-likeness (QED) is 0.405. The second-order valence-electron chi connectivity index (χ2n) is 9.08. The van der Waals surface area contributed by atoms with Crippen molar-refractivity contribution in [3.8, 4) is 0 Å². The molecule has 0 aliphatic rings. The lowest BCUT2D eigenvalue weighted by Crippen LogP contribution is -2.54. The van der Waals surface area contributed by atoms with Crippen LogP contribution in [0.15, 0.2) is 78.9 Å². The molecule has 2 amide bonds. The highest BCUT2D eigenvalue weighted by atomic mass is 32.2. The maximum absolute atomic E-state index is 14.8. The Hall–Kier alpha value is -3.76. The van der Waals surface area contributed by atoms with Gasteiger partial charge in [-0.25, -0.2) is 8.70 Å². The number of hydrogen-bond donors (Lipinski definition) is 1. The van der Waals surface area contributed by atoms with Gasteiger partial charge >= 0.3 is 10.2 Å². The fourth-order valence-corrected chi connectivity index (χ4v) is 5.15. The average Bonchev–Trinajstić information content (AvgIpc) is 2.89. The van der Waals surface area contributed by atoms with Crippen molar-refractivity contribution in [2.45, 2.75) is 25.9 Å². The van der Waals surface area contributed by atoms with Gasteiger partial charge in [0.05, 0.1) is 5.69 Å². The van der Waals surface area contributed by atoms with Crippen LogP contribution in [0.3, 0.4) is 0 Å². The van der Waals surface area contributed by atoms with Crippen LogP contribution < -0.4 is 9.62 Å². The molecule has 1 atom stereocenters. The fourth-order valence-electron chi connectivity index (χ4n) is 4.08. The number of para-hydroxylation sites is 1. The zero-order chi connectivity index (χ0) is 27.9. The normalized spacial score (nSPS) is 12.2. The molecule has 0 aliphatic heterocycles. The Labute approximate surface area is 223 Å². The van der Waals surface area contributed by atoms with E-state index in [1.165, 1.54) is 44.2 Å². The van der Waals surface area contributed by atoms with Crippen molar-refractivity contribution in [3.63, 3.8) is 0 Å². The summed E-state index contributed by atoms with van der Waals surface area (Å²) in [5, 5.41) is 2.63. The van der Waals surface area contributed by atoms with E-state index in [9.17, 15) is 22.4 Å². The molecule has 3 rings (SSSR count). The van der Waals surface area contributed by atoms with Crippen LogP contribution in [0.2, 0.25) is 0 Å². The van der Waals surface area contributed by atoms with Gasteiger partial charge in [-0.2, -0.15) is 12.7 Å². The highest BCUT2D eigenvalue weighted by Gasteiger charge is 2.35. The van der Waals surface area contributed by atoms with E-state index < -0.39 is 40.4 Å². The Kier molecular flexibility index (Phi) is 9.60. The van der Waals surface area contributed by atoms with Crippen molar-refractivity contribution in [3.05, 3.63) is 101 Å². The molecule has 0 spiro atoms. The Morgan fingerprint density at radius 3 is 2.16 bits per heavy atom. The van der Waals surface area contributed by atoms with Gasteiger partial charge in [0, 0.05) is 34.1 Å². The summed E-state index contributed by atoms with van der Waals surface area (Å²) in [6.45, 7) is 1.27. The fraction of sp³-hybridized carbons (Fsp3) is 0.286. The van der Waals surface area contributed by atoms with Crippen LogP contribution in [-0.2, 0) is 32.8 Å². The molecule has 0 saturated carbocycles. The molecule has 8 nitrogen and oxygen atoms in total. The first-order valence-electron chi connectivity index (χ1n) is 12.1. The first kappa shape index (κ1) is 28.8. The number of benzene rings is 3. The Balaban J connectivity index is 2.08. The summed E-state index contributed by atoms with van der Waals surface area (Å²) in [4.78, 5) is 28.4.